The topological polar surface area (TPSA) is 60.4 Å². The van der Waals surface area contributed by atoms with E-state index in [-0.39, 0.29) is 53.1 Å². The largest absolute Gasteiger partial charge is 1.00 e. The number of aliphatic carboxylic acids is 1. The molecular formula is C12H12NNaO3S. The first-order chi connectivity index (χ1) is 8.16. The second kappa shape index (κ2) is 5.04. The third-order valence-electron chi connectivity index (χ3n) is 3.75. The maximum absolute atomic E-state index is 11.9. The second-order valence-electron chi connectivity index (χ2n) is 4.46. The van der Waals surface area contributed by atoms with Crippen LogP contribution in [0.4, 0.5) is 0 Å². The van der Waals surface area contributed by atoms with Crippen molar-refractivity contribution in [1.82, 2.24) is 4.90 Å². The zero-order valence-corrected chi connectivity index (χ0v) is 13.3. The van der Waals surface area contributed by atoms with Crippen LogP contribution in [0.2, 0.25) is 0 Å². The van der Waals surface area contributed by atoms with E-state index in [2.05, 4.69) is 0 Å². The quantitative estimate of drug-likeness (QED) is 0.289. The predicted octanol–water partition coefficient (Wildman–Crippen LogP) is -3.08. The number of amides is 1. The molecule has 3 aliphatic rings. The Labute approximate surface area is 132 Å². The molecule has 0 aromatic heterocycles. The van der Waals surface area contributed by atoms with Crippen LogP contribution in [0.15, 0.2) is 22.9 Å². The van der Waals surface area contributed by atoms with Crippen LogP contribution >= 0.6 is 11.8 Å². The normalized spacial score (nSPS) is 31.7. The minimum Gasteiger partial charge on any atom is -0.543 e. The Hall–Kier alpha value is -0.230. The number of nitrogens with zero attached hydrogens (tertiary/aromatic N) is 1. The van der Waals surface area contributed by atoms with Crippen LogP contribution in [0.3, 0.4) is 0 Å². The van der Waals surface area contributed by atoms with Crippen molar-refractivity contribution in [3.8, 4) is 0 Å². The zero-order valence-electron chi connectivity index (χ0n) is 10.4. The number of rotatable bonds is 1. The molecule has 1 amide bonds. The fourth-order valence-electron chi connectivity index (χ4n) is 3.03. The van der Waals surface area contributed by atoms with E-state index in [1.807, 2.05) is 18.7 Å². The standard InChI is InChI=1S/C12H13NO3S.Na/c1-2-6-9-8-5-17-4-3-7(8)10(12(15)16)13(9)11(6)14;/h2,8-9H,3-5H2,1H3,(H,15,16);/q;+1/p-1/b6-2+;/t8?,9-;/m0./s1. The van der Waals surface area contributed by atoms with Crippen molar-refractivity contribution in [2.45, 2.75) is 19.4 Å². The second-order valence-corrected chi connectivity index (χ2v) is 5.61. The SMILES string of the molecule is C/C=C1/C(=O)N2C(C(=O)[O-])=C3CCSCC3[C@H]12.[Na+]. The summed E-state index contributed by atoms with van der Waals surface area (Å²) in [5.74, 6) is 0.650. The van der Waals surface area contributed by atoms with Crippen LogP contribution in [-0.4, -0.2) is 34.3 Å². The van der Waals surface area contributed by atoms with E-state index in [9.17, 15) is 14.7 Å². The van der Waals surface area contributed by atoms with E-state index in [1.54, 1.807) is 6.08 Å². The molecule has 3 aliphatic heterocycles. The summed E-state index contributed by atoms with van der Waals surface area (Å²) < 4.78 is 0. The van der Waals surface area contributed by atoms with Crippen LogP contribution in [-0.2, 0) is 9.59 Å². The molecule has 0 spiro atoms. The molecule has 3 heterocycles. The third kappa shape index (κ3) is 1.72. The van der Waals surface area contributed by atoms with Crippen LogP contribution < -0.4 is 34.7 Å². The number of carbonyl (C=O) groups is 2. The summed E-state index contributed by atoms with van der Waals surface area (Å²) in [4.78, 5) is 24.5. The fourth-order valence-corrected chi connectivity index (χ4v) is 4.20. The van der Waals surface area contributed by atoms with Gasteiger partial charge in [0.1, 0.15) is 0 Å². The Morgan fingerprint density at radius 3 is 2.89 bits per heavy atom. The molecule has 2 atom stereocenters. The van der Waals surface area contributed by atoms with Crippen molar-refractivity contribution in [1.29, 1.82) is 0 Å². The maximum Gasteiger partial charge on any atom is 1.00 e. The van der Waals surface area contributed by atoms with Crippen molar-refractivity contribution in [3.05, 3.63) is 22.9 Å². The van der Waals surface area contributed by atoms with E-state index >= 15 is 0 Å². The van der Waals surface area contributed by atoms with Crippen molar-refractivity contribution in [2.75, 3.05) is 11.5 Å². The number of hydrogen-bond acceptors (Lipinski definition) is 4. The average molecular weight is 273 g/mol. The van der Waals surface area contributed by atoms with Gasteiger partial charge in [0.05, 0.1) is 17.7 Å². The van der Waals surface area contributed by atoms with Crippen molar-refractivity contribution < 1.29 is 44.3 Å². The Kier molecular flexibility index (Phi) is 3.97. The van der Waals surface area contributed by atoms with E-state index < -0.39 is 5.97 Å². The van der Waals surface area contributed by atoms with Crippen molar-refractivity contribution >= 4 is 23.6 Å². The summed E-state index contributed by atoms with van der Waals surface area (Å²) in [5.41, 5.74) is 1.82. The van der Waals surface area contributed by atoms with Gasteiger partial charge in [-0.3, -0.25) is 9.69 Å². The number of hydrogen-bond donors (Lipinski definition) is 0. The smallest absolute Gasteiger partial charge is 0.543 e. The summed E-state index contributed by atoms with van der Waals surface area (Å²) in [7, 11) is 0. The first-order valence-corrected chi connectivity index (χ1v) is 6.84. The van der Waals surface area contributed by atoms with Crippen LogP contribution in [0.5, 0.6) is 0 Å². The minimum absolute atomic E-state index is 0. The summed E-state index contributed by atoms with van der Waals surface area (Å²) in [6.45, 7) is 1.83. The molecule has 0 aliphatic carbocycles. The van der Waals surface area contributed by atoms with Gasteiger partial charge in [0.15, 0.2) is 0 Å². The first kappa shape index (κ1) is 14.2. The monoisotopic (exact) mass is 273 g/mol. The summed E-state index contributed by atoms with van der Waals surface area (Å²) in [5, 5.41) is 11.2. The van der Waals surface area contributed by atoms with E-state index in [0.717, 1.165) is 29.1 Å². The minimum atomic E-state index is -1.21. The van der Waals surface area contributed by atoms with E-state index in [1.165, 1.54) is 4.90 Å². The van der Waals surface area contributed by atoms with Crippen LogP contribution in [0.1, 0.15) is 13.3 Å². The number of carbonyl (C=O) groups excluding carboxylic acids is 2. The molecule has 6 heteroatoms. The zero-order chi connectivity index (χ0) is 12.2. The van der Waals surface area contributed by atoms with Gasteiger partial charge in [0.2, 0.25) is 0 Å². The number of fused-ring (bicyclic) bond motifs is 3. The van der Waals surface area contributed by atoms with Gasteiger partial charge in [0, 0.05) is 17.2 Å². The van der Waals surface area contributed by atoms with Crippen LogP contribution in [0, 0.1) is 5.92 Å². The third-order valence-corrected chi connectivity index (χ3v) is 4.84. The molecule has 0 aromatic rings. The summed E-state index contributed by atoms with van der Waals surface area (Å²) >= 11 is 1.83. The summed E-state index contributed by atoms with van der Waals surface area (Å²) in [6.07, 6.45) is 2.56. The number of allylic oxidation sites excluding steroid dienone is 1. The molecule has 2 fully saturated rings. The van der Waals surface area contributed by atoms with Gasteiger partial charge in [0.25, 0.3) is 5.91 Å². The van der Waals surface area contributed by atoms with E-state index in [0.29, 0.717) is 0 Å². The van der Waals surface area contributed by atoms with Crippen molar-refractivity contribution in [2.24, 2.45) is 5.92 Å². The van der Waals surface area contributed by atoms with Gasteiger partial charge in [-0.1, -0.05) is 6.08 Å². The summed E-state index contributed by atoms with van der Waals surface area (Å²) in [6, 6.07) is -0.0387. The van der Waals surface area contributed by atoms with Crippen LogP contribution in [0.25, 0.3) is 0 Å². The van der Waals surface area contributed by atoms with Gasteiger partial charge in [-0.05, 0) is 24.7 Å². The predicted molar refractivity (Wildman–Crippen MR) is 61.9 cm³/mol. The first-order valence-electron chi connectivity index (χ1n) is 5.68. The number of thioether (sulfide) groups is 1. The Bertz CT molecular complexity index is 486. The number of carboxylic acid groups (broad SMARTS) is 1. The molecule has 0 bridgehead atoms. The molecule has 4 nitrogen and oxygen atoms in total. The molecule has 0 saturated carbocycles. The van der Waals surface area contributed by atoms with Gasteiger partial charge < -0.3 is 9.90 Å². The molecule has 0 N–H and O–H groups in total. The molecule has 0 aromatic carbocycles. The van der Waals surface area contributed by atoms with E-state index in [4.69, 9.17) is 0 Å². The van der Waals surface area contributed by atoms with Crippen molar-refractivity contribution in [3.63, 3.8) is 0 Å². The molecule has 0 radical (unpaired) electrons. The Balaban J connectivity index is 0.00000120. The Morgan fingerprint density at radius 2 is 2.28 bits per heavy atom. The van der Waals surface area contributed by atoms with Gasteiger partial charge in [-0.25, -0.2) is 0 Å². The fraction of sp³-hybridized carbons (Fsp3) is 0.500. The molecule has 18 heavy (non-hydrogen) atoms. The maximum atomic E-state index is 11.9. The number of β-lactam (4-membered cyclic amide) rings is 1. The molecule has 2 saturated heterocycles. The van der Waals surface area contributed by atoms with Gasteiger partial charge in [-0.15, -0.1) is 0 Å². The molecular weight excluding hydrogens is 261 g/mol. The molecule has 1 unspecified atom stereocenters. The average Bonchev–Trinajstić information content (AvgIpc) is 2.61. The van der Waals surface area contributed by atoms with Gasteiger partial charge in [-0.2, -0.15) is 11.8 Å². The molecule has 3 rings (SSSR count). The number of carboxylic acids is 1. The van der Waals surface area contributed by atoms with Gasteiger partial charge >= 0.3 is 29.6 Å². The molecule has 90 valence electrons. The Morgan fingerprint density at radius 1 is 1.56 bits per heavy atom.